The van der Waals surface area contributed by atoms with Crippen molar-refractivity contribution in [1.29, 1.82) is 0 Å². The van der Waals surface area contributed by atoms with Gasteiger partial charge in [0.25, 0.3) is 0 Å². The molecular formula is C18H34O4. The second-order valence-corrected chi connectivity index (χ2v) is 6.34. The molecule has 0 N–H and O–H groups in total. The summed E-state index contributed by atoms with van der Waals surface area (Å²) in [4.78, 5) is 22.3. The first-order chi connectivity index (χ1) is 10.7. The van der Waals surface area contributed by atoms with Gasteiger partial charge in [0.2, 0.25) is 0 Å². The molecule has 0 bridgehead atoms. The van der Waals surface area contributed by atoms with Crippen molar-refractivity contribution in [3.63, 3.8) is 0 Å². The van der Waals surface area contributed by atoms with Crippen LogP contribution in [0.1, 0.15) is 91.4 Å². The number of hydrogen-bond donors (Lipinski definition) is 0. The lowest BCUT2D eigenvalue weighted by Gasteiger charge is -2.17. The third-order valence-corrected chi connectivity index (χ3v) is 4.46. The molecule has 0 aromatic rings. The Morgan fingerprint density at radius 1 is 0.909 bits per heavy atom. The molecule has 0 aliphatic carbocycles. The minimum absolute atomic E-state index is 0.109. The lowest BCUT2D eigenvalue weighted by molar-refractivity contribution is -0.154. The summed E-state index contributed by atoms with van der Waals surface area (Å²) in [5, 5.41) is 0. The molecule has 0 spiro atoms. The highest BCUT2D eigenvalue weighted by Crippen LogP contribution is 2.43. The maximum absolute atomic E-state index is 12.1. The molecule has 4 nitrogen and oxygen atoms in total. The Labute approximate surface area is 135 Å². The van der Waals surface area contributed by atoms with Crippen LogP contribution in [-0.2, 0) is 19.3 Å². The standard InChI is InChI=1S/C18H34O4/c1-4-7-9-10-11-12-13-14-16(6-3)18(21-22-18)17(19)20-15-8-5-2/h16H,4-15H2,1-3H3. The molecule has 1 unspecified atom stereocenters. The van der Waals surface area contributed by atoms with Gasteiger partial charge in [0.05, 0.1) is 6.61 Å². The van der Waals surface area contributed by atoms with E-state index in [4.69, 9.17) is 14.5 Å². The number of unbranched alkanes of at least 4 members (excludes halogenated alkanes) is 7. The van der Waals surface area contributed by atoms with E-state index >= 15 is 0 Å². The summed E-state index contributed by atoms with van der Waals surface area (Å²) in [6, 6.07) is 0. The summed E-state index contributed by atoms with van der Waals surface area (Å²) in [5.74, 6) is -1.32. The van der Waals surface area contributed by atoms with E-state index < -0.39 is 5.79 Å². The molecule has 130 valence electrons. The Morgan fingerprint density at radius 3 is 2.05 bits per heavy atom. The molecule has 1 saturated heterocycles. The number of hydrogen-bond acceptors (Lipinski definition) is 4. The molecule has 1 rings (SSSR count). The highest BCUT2D eigenvalue weighted by atomic mass is 17.4. The molecule has 0 saturated carbocycles. The Bertz CT molecular complexity index is 299. The van der Waals surface area contributed by atoms with Gasteiger partial charge >= 0.3 is 11.8 Å². The molecule has 1 fully saturated rings. The first kappa shape index (κ1) is 19.4. The third kappa shape index (κ3) is 6.25. The van der Waals surface area contributed by atoms with Crippen molar-refractivity contribution >= 4 is 5.97 Å². The monoisotopic (exact) mass is 314 g/mol. The summed E-state index contributed by atoms with van der Waals surface area (Å²) in [6.07, 6.45) is 12.7. The molecule has 0 amide bonds. The number of ether oxygens (including phenoxy) is 1. The van der Waals surface area contributed by atoms with E-state index in [-0.39, 0.29) is 11.9 Å². The summed E-state index contributed by atoms with van der Waals surface area (Å²) in [5.41, 5.74) is 0. The van der Waals surface area contributed by atoms with Gasteiger partial charge in [-0.3, -0.25) is 0 Å². The molecule has 0 radical (unpaired) electrons. The maximum Gasteiger partial charge on any atom is 0.372 e. The molecule has 1 aliphatic rings. The van der Waals surface area contributed by atoms with Crippen molar-refractivity contribution in [2.45, 2.75) is 97.2 Å². The van der Waals surface area contributed by atoms with Gasteiger partial charge in [0, 0.05) is 5.92 Å². The smallest absolute Gasteiger partial charge is 0.372 e. The Morgan fingerprint density at radius 2 is 1.50 bits per heavy atom. The zero-order chi connectivity index (χ0) is 16.3. The quantitative estimate of drug-likeness (QED) is 0.192. The van der Waals surface area contributed by atoms with Crippen molar-refractivity contribution in [3.05, 3.63) is 0 Å². The van der Waals surface area contributed by atoms with Crippen LogP contribution in [-0.4, -0.2) is 18.4 Å². The first-order valence-corrected chi connectivity index (χ1v) is 9.25. The molecule has 22 heavy (non-hydrogen) atoms. The van der Waals surface area contributed by atoms with Crippen LogP contribution in [0.5, 0.6) is 0 Å². The predicted molar refractivity (Wildman–Crippen MR) is 87.2 cm³/mol. The normalized spacial score (nSPS) is 17.2. The average Bonchev–Trinajstić information content (AvgIpc) is 3.32. The van der Waals surface area contributed by atoms with Crippen molar-refractivity contribution in [3.8, 4) is 0 Å². The molecule has 1 atom stereocenters. The molecule has 0 aromatic heterocycles. The van der Waals surface area contributed by atoms with Crippen LogP contribution < -0.4 is 0 Å². The van der Waals surface area contributed by atoms with Crippen molar-refractivity contribution in [2.24, 2.45) is 5.92 Å². The van der Waals surface area contributed by atoms with E-state index in [1.807, 2.05) is 0 Å². The fraction of sp³-hybridized carbons (Fsp3) is 0.944. The summed E-state index contributed by atoms with van der Waals surface area (Å²) >= 11 is 0. The molecule has 4 heteroatoms. The molecule has 0 aromatic carbocycles. The van der Waals surface area contributed by atoms with Crippen molar-refractivity contribution in [2.75, 3.05) is 6.61 Å². The molecule has 1 heterocycles. The van der Waals surface area contributed by atoms with Crippen LogP contribution in [0.2, 0.25) is 0 Å². The SMILES string of the molecule is CCCCCCCCCC(CC)C1(C(=O)OCCCC)OO1. The van der Waals surface area contributed by atoms with Gasteiger partial charge in [-0.15, -0.1) is 0 Å². The fourth-order valence-corrected chi connectivity index (χ4v) is 2.84. The molecule has 1 aliphatic heterocycles. The highest BCUT2D eigenvalue weighted by molar-refractivity contribution is 5.79. The zero-order valence-electron chi connectivity index (χ0n) is 14.7. The van der Waals surface area contributed by atoms with Crippen LogP contribution in [0.25, 0.3) is 0 Å². The van der Waals surface area contributed by atoms with Gasteiger partial charge in [0.15, 0.2) is 0 Å². The van der Waals surface area contributed by atoms with Crippen molar-refractivity contribution < 1.29 is 19.3 Å². The van der Waals surface area contributed by atoms with Crippen LogP contribution in [0, 0.1) is 5.92 Å². The van der Waals surface area contributed by atoms with Gasteiger partial charge in [-0.2, -0.15) is 9.78 Å². The second-order valence-electron chi connectivity index (χ2n) is 6.34. The molecular weight excluding hydrogens is 280 g/mol. The van der Waals surface area contributed by atoms with E-state index in [1.165, 1.54) is 38.5 Å². The Balaban J connectivity index is 2.23. The van der Waals surface area contributed by atoms with Crippen LogP contribution in [0.3, 0.4) is 0 Å². The highest BCUT2D eigenvalue weighted by Gasteiger charge is 2.63. The van der Waals surface area contributed by atoms with Gasteiger partial charge in [-0.1, -0.05) is 72.1 Å². The lowest BCUT2D eigenvalue weighted by atomic mass is 9.90. The number of esters is 1. The van der Waals surface area contributed by atoms with E-state index in [0.29, 0.717) is 6.61 Å². The van der Waals surface area contributed by atoms with Crippen molar-refractivity contribution in [1.82, 2.24) is 0 Å². The Hall–Kier alpha value is -0.610. The fourth-order valence-electron chi connectivity index (χ4n) is 2.84. The van der Waals surface area contributed by atoms with E-state index in [2.05, 4.69) is 20.8 Å². The van der Waals surface area contributed by atoms with Gasteiger partial charge in [0.1, 0.15) is 0 Å². The number of carbonyl (C=O) groups is 1. The summed E-state index contributed by atoms with van der Waals surface area (Å²) in [6.45, 7) is 6.85. The van der Waals surface area contributed by atoms with Crippen LogP contribution >= 0.6 is 0 Å². The third-order valence-electron chi connectivity index (χ3n) is 4.46. The average molecular weight is 314 g/mol. The maximum atomic E-state index is 12.1. The number of rotatable bonds is 14. The van der Waals surface area contributed by atoms with Crippen LogP contribution in [0.15, 0.2) is 0 Å². The zero-order valence-corrected chi connectivity index (χ0v) is 14.7. The summed E-state index contributed by atoms with van der Waals surface area (Å²) < 4.78 is 5.28. The predicted octanol–water partition coefficient (Wildman–Crippen LogP) is 5.15. The largest absolute Gasteiger partial charge is 0.462 e. The lowest BCUT2D eigenvalue weighted by Crippen LogP contribution is -2.35. The van der Waals surface area contributed by atoms with Crippen LogP contribution in [0.4, 0.5) is 0 Å². The van der Waals surface area contributed by atoms with E-state index in [9.17, 15) is 4.79 Å². The Kier molecular flexibility index (Phi) is 9.73. The minimum Gasteiger partial charge on any atom is -0.462 e. The van der Waals surface area contributed by atoms with Gasteiger partial charge in [-0.25, -0.2) is 4.79 Å². The van der Waals surface area contributed by atoms with E-state index in [0.717, 1.165) is 32.1 Å². The number of carbonyl (C=O) groups excluding carboxylic acids is 1. The van der Waals surface area contributed by atoms with Gasteiger partial charge in [-0.05, 0) is 19.3 Å². The van der Waals surface area contributed by atoms with E-state index in [1.54, 1.807) is 0 Å². The second kappa shape index (κ2) is 11.0. The van der Waals surface area contributed by atoms with Gasteiger partial charge < -0.3 is 4.74 Å². The minimum atomic E-state index is -1.09. The topological polar surface area (TPSA) is 51.4 Å². The summed E-state index contributed by atoms with van der Waals surface area (Å²) in [7, 11) is 0. The first-order valence-electron chi connectivity index (χ1n) is 9.25.